The fraction of sp³-hybridized carbons (Fsp3) is 0. The van der Waals surface area contributed by atoms with Crippen LogP contribution in [0.3, 0.4) is 0 Å². The molecule has 0 spiro atoms. The zero-order chi connectivity index (χ0) is 14.7. The Kier molecular flexibility index (Phi) is 3.61. The van der Waals surface area contributed by atoms with Crippen LogP contribution in [-0.2, 0) is 0 Å². The number of para-hydroxylation sites is 1. The fourth-order valence-electron chi connectivity index (χ4n) is 1.79. The number of rotatable bonds is 4. The van der Waals surface area contributed by atoms with Gasteiger partial charge in [0.05, 0.1) is 22.4 Å². The van der Waals surface area contributed by atoms with Crippen molar-refractivity contribution >= 4 is 38.9 Å². The molecular weight excluding hydrogens is 286 g/mol. The number of hydrazone groups is 1. The number of carbonyl (C=O) groups is 1. The second kappa shape index (κ2) is 5.72. The van der Waals surface area contributed by atoms with E-state index < -0.39 is 5.97 Å². The van der Waals surface area contributed by atoms with Crippen molar-refractivity contribution in [1.82, 2.24) is 4.98 Å². The molecule has 0 unspecified atom stereocenters. The van der Waals surface area contributed by atoms with Gasteiger partial charge in [0, 0.05) is 0 Å². The third-order valence-corrected chi connectivity index (χ3v) is 3.76. The topological polar surface area (TPSA) is 77.4 Å². The molecule has 1 aromatic heterocycles. The van der Waals surface area contributed by atoms with E-state index in [0.717, 1.165) is 15.8 Å². The zero-order valence-electron chi connectivity index (χ0n) is 10.8. The van der Waals surface area contributed by atoms with Crippen molar-refractivity contribution in [2.45, 2.75) is 0 Å². The Labute approximate surface area is 124 Å². The summed E-state index contributed by atoms with van der Waals surface area (Å²) in [7, 11) is 0. The summed E-state index contributed by atoms with van der Waals surface area (Å²) in [5, 5.41) is 15.4. The molecule has 5 nitrogen and oxygen atoms in total. The molecule has 1 N–H and O–H groups in total. The van der Waals surface area contributed by atoms with E-state index in [0.29, 0.717) is 5.13 Å². The second-order valence-electron chi connectivity index (χ2n) is 4.27. The predicted octanol–water partition coefficient (Wildman–Crippen LogP) is 2.11. The largest absolute Gasteiger partial charge is 0.545 e. The molecule has 0 saturated heterocycles. The van der Waals surface area contributed by atoms with Gasteiger partial charge in [0.1, 0.15) is 0 Å². The number of fused-ring (bicyclic) bond motifs is 1. The molecule has 0 radical (unpaired) electrons. The summed E-state index contributed by atoms with van der Waals surface area (Å²) >= 11 is 1.52. The van der Waals surface area contributed by atoms with Crippen LogP contribution in [0.1, 0.15) is 15.9 Å². The van der Waals surface area contributed by atoms with E-state index in [2.05, 4.69) is 15.5 Å². The molecule has 21 heavy (non-hydrogen) atoms. The van der Waals surface area contributed by atoms with Crippen LogP contribution in [-0.4, -0.2) is 17.2 Å². The van der Waals surface area contributed by atoms with Crippen molar-refractivity contribution in [3.05, 3.63) is 59.7 Å². The molecule has 0 bridgehead atoms. The molecule has 0 aliphatic rings. The number of nitrogens with zero attached hydrogens (tertiary/aromatic N) is 2. The number of hydrogen-bond donors (Lipinski definition) is 1. The van der Waals surface area contributed by atoms with Crippen molar-refractivity contribution in [3.63, 3.8) is 0 Å². The molecule has 1 heterocycles. The number of benzene rings is 2. The normalized spacial score (nSPS) is 11.0. The second-order valence-corrected chi connectivity index (χ2v) is 5.30. The number of aromatic nitrogens is 1. The van der Waals surface area contributed by atoms with Crippen LogP contribution in [0, 0.1) is 0 Å². The van der Waals surface area contributed by atoms with E-state index in [1.165, 1.54) is 23.5 Å². The highest BCUT2D eigenvalue weighted by Crippen LogP contribution is 2.25. The molecule has 0 atom stereocenters. The van der Waals surface area contributed by atoms with E-state index in [-0.39, 0.29) is 5.56 Å². The summed E-state index contributed by atoms with van der Waals surface area (Å²) in [6.07, 6.45) is 1.60. The monoisotopic (exact) mass is 296 g/mol. The van der Waals surface area contributed by atoms with Crippen LogP contribution in [0.4, 0.5) is 5.13 Å². The first-order chi connectivity index (χ1) is 10.2. The zero-order valence-corrected chi connectivity index (χ0v) is 11.6. The van der Waals surface area contributed by atoms with E-state index in [4.69, 9.17) is 0 Å². The number of hydrogen-bond acceptors (Lipinski definition) is 6. The van der Waals surface area contributed by atoms with Crippen molar-refractivity contribution in [2.75, 3.05) is 5.43 Å². The first-order valence-corrected chi connectivity index (χ1v) is 7.00. The van der Waals surface area contributed by atoms with Gasteiger partial charge in [-0.2, -0.15) is 5.10 Å². The number of thiazole rings is 1. The molecule has 3 rings (SSSR count). The molecule has 0 fully saturated rings. The lowest BCUT2D eigenvalue weighted by Crippen LogP contribution is -2.21. The van der Waals surface area contributed by atoms with Gasteiger partial charge in [-0.15, -0.1) is 0 Å². The minimum atomic E-state index is -1.19. The minimum absolute atomic E-state index is 0.145. The van der Waals surface area contributed by atoms with Gasteiger partial charge in [-0.05, 0) is 23.3 Å². The lowest BCUT2D eigenvalue weighted by molar-refractivity contribution is -0.255. The average molecular weight is 296 g/mol. The summed E-state index contributed by atoms with van der Waals surface area (Å²) in [5.41, 5.74) is 4.73. The number of carbonyl (C=O) groups excluding carboxylic acids is 1. The third-order valence-electron chi connectivity index (χ3n) is 2.81. The molecule has 0 saturated carbocycles. The molecule has 3 aromatic rings. The highest BCUT2D eigenvalue weighted by atomic mass is 32.1. The lowest BCUT2D eigenvalue weighted by Gasteiger charge is -2.01. The summed E-state index contributed by atoms with van der Waals surface area (Å²) < 4.78 is 1.09. The molecule has 2 aromatic carbocycles. The number of anilines is 1. The Morgan fingerprint density at radius 3 is 2.67 bits per heavy atom. The van der Waals surface area contributed by atoms with Gasteiger partial charge in [0.25, 0.3) is 0 Å². The average Bonchev–Trinajstić information content (AvgIpc) is 2.90. The predicted molar refractivity (Wildman–Crippen MR) is 81.6 cm³/mol. The summed E-state index contributed by atoms with van der Waals surface area (Å²) in [5.74, 6) is -1.19. The Morgan fingerprint density at radius 2 is 1.95 bits per heavy atom. The van der Waals surface area contributed by atoms with Crippen molar-refractivity contribution < 1.29 is 9.90 Å². The number of carboxylic acid groups (broad SMARTS) is 1. The SMILES string of the molecule is O=C([O-])c1ccc(/C=N\Nc2nc3ccccc3s2)cc1. The quantitative estimate of drug-likeness (QED) is 0.591. The molecule has 6 heteroatoms. The Bertz CT molecular complexity index is 776. The highest BCUT2D eigenvalue weighted by Gasteiger charge is 2.00. The van der Waals surface area contributed by atoms with E-state index in [1.54, 1.807) is 18.3 Å². The van der Waals surface area contributed by atoms with Crippen LogP contribution in [0.25, 0.3) is 10.2 Å². The Morgan fingerprint density at radius 1 is 1.19 bits per heavy atom. The molecule has 104 valence electrons. The van der Waals surface area contributed by atoms with Gasteiger partial charge in [-0.25, -0.2) is 4.98 Å². The summed E-state index contributed by atoms with van der Waals surface area (Å²) in [4.78, 5) is 15.0. The molecule has 0 amide bonds. The first kappa shape index (κ1) is 13.3. The van der Waals surface area contributed by atoms with Gasteiger partial charge >= 0.3 is 0 Å². The van der Waals surface area contributed by atoms with E-state index in [9.17, 15) is 9.90 Å². The Balaban J connectivity index is 1.70. The minimum Gasteiger partial charge on any atom is -0.545 e. The van der Waals surface area contributed by atoms with Crippen molar-refractivity contribution in [1.29, 1.82) is 0 Å². The van der Waals surface area contributed by atoms with Gasteiger partial charge < -0.3 is 9.90 Å². The van der Waals surface area contributed by atoms with Gasteiger partial charge in [0.2, 0.25) is 5.13 Å². The lowest BCUT2D eigenvalue weighted by atomic mass is 10.1. The maximum atomic E-state index is 10.6. The summed E-state index contributed by atoms with van der Waals surface area (Å²) in [6.45, 7) is 0. The summed E-state index contributed by atoms with van der Waals surface area (Å²) in [6, 6.07) is 14.1. The van der Waals surface area contributed by atoms with Gasteiger partial charge in [-0.3, -0.25) is 5.43 Å². The van der Waals surface area contributed by atoms with Crippen LogP contribution in [0.5, 0.6) is 0 Å². The molecule has 0 aliphatic carbocycles. The standard InChI is InChI=1S/C15H11N3O2S/c19-14(20)11-7-5-10(6-8-11)9-16-18-15-17-12-3-1-2-4-13(12)21-15/h1-9H,(H,17,18)(H,19,20)/p-1/b16-9-. The van der Waals surface area contributed by atoms with E-state index in [1.807, 2.05) is 24.3 Å². The smallest absolute Gasteiger partial charge is 0.204 e. The number of aromatic carboxylic acids is 1. The highest BCUT2D eigenvalue weighted by molar-refractivity contribution is 7.22. The van der Waals surface area contributed by atoms with Crippen LogP contribution >= 0.6 is 11.3 Å². The van der Waals surface area contributed by atoms with E-state index >= 15 is 0 Å². The van der Waals surface area contributed by atoms with Crippen LogP contribution < -0.4 is 10.5 Å². The van der Waals surface area contributed by atoms with Crippen LogP contribution in [0.2, 0.25) is 0 Å². The maximum Gasteiger partial charge on any atom is 0.204 e. The third kappa shape index (κ3) is 3.06. The molecular formula is C15H10N3O2S-. The number of nitrogens with one attached hydrogen (secondary N) is 1. The maximum absolute atomic E-state index is 10.6. The molecule has 0 aliphatic heterocycles. The van der Waals surface area contributed by atoms with Crippen molar-refractivity contribution in [3.8, 4) is 0 Å². The fourth-order valence-corrected chi connectivity index (χ4v) is 2.60. The van der Waals surface area contributed by atoms with Crippen molar-refractivity contribution in [2.24, 2.45) is 5.10 Å². The van der Waals surface area contributed by atoms with Gasteiger partial charge in [0.15, 0.2) is 0 Å². The number of carboxylic acids is 1. The Hall–Kier alpha value is -2.73. The first-order valence-electron chi connectivity index (χ1n) is 6.18. The van der Waals surface area contributed by atoms with Gasteiger partial charge in [-0.1, -0.05) is 47.7 Å². The van der Waals surface area contributed by atoms with Crippen LogP contribution in [0.15, 0.2) is 53.6 Å².